The molecular formula is C15H15FN2S2. The third-order valence-corrected chi connectivity index (χ3v) is 5.18. The average Bonchev–Trinajstić information content (AvgIpc) is 2.98. The molecule has 0 bridgehead atoms. The van der Waals surface area contributed by atoms with Crippen molar-refractivity contribution in [2.45, 2.75) is 20.8 Å². The van der Waals surface area contributed by atoms with Crippen LogP contribution in [-0.4, -0.2) is 10.9 Å². The molecular weight excluding hydrogens is 291 g/mol. The zero-order valence-electron chi connectivity index (χ0n) is 11.6. The SMILES string of the molecule is Cc1nc(C)c(C2=CSCN2c2cc(F)ccc2C)s1. The molecule has 0 N–H and O–H groups in total. The van der Waals surface area contributed by atoms with Gasteiger partial charge in [-0.1, -0.05) is 6.07 Å². The number of nitrogens with zero attached hydrogens (tertiary/aromatic N) is 2. The van der Waals surface area contributed by atoms with Crippen LogP contribution < -0.4 is 4.90 Å². The van der Waals surface area contributed by atoms with Crippen molar-refractivity contribution < 1.29 is 4.39 Å². The standard InChI is InChI=1S/C15H15FN2S2/c1-9-4-5-12(16)6-13(9)18-8-19-7-14(18)15-10(2)17-11(3)20-15/h4-7H,8H2,1-3H3. The Bertz CT molecular complexity index is 691. The lowest BCUT2D eigenvalue weighted by atomic mass is 10.1. The number of hydrogen-bond acceptors (Lipinski definition) is 4. The Kier molecular flexibility index (Phi) is 3.56. The quantitative estimate of drug-likeness (QED) is 0.799. The van der Waals surface area contributed by atoms with Crippen molar-refractivity contribution in [1.82, 2.24) is 4.98 Å². The fraction of sp³-hybridized carbons (Fsp3) is 0.267. The molecule has 5 heteroatoms. The maximum atomic E-state index is 13.6. The minimum Gasteiger partial charge on any atom is -0.329 e. The van der Waals surface area contributed by atoms with Gasteiger partial charge in [-0.25, -0.2) is 9.37 Å². The first-order chi connectivity index (χ1) is 9.56. The monoisotopic (exact) mass is 306 g/mol. The van der Waals surface area contributed by atoms with Crippen molar-refractivity contribution in [3.8, 4) is 0 Å². The number of benzene rings is 1. The summed E-state index contributed by atoms with van der Waals surface area (Å²) in [6.07, 6.45) is 0. The van der Waals surface area contributed by atoms with Gasteiger partial charge in [-0.3, -0.25) is 0 Å². The Balaban J connectivity index is 2.05. The minimum atomic E-state index is -0.195. The zero-order valence-corrected chi connectivity index (χ0v) is 13.2. The molecule has 0 fully saturated rings. The van der Waals surface area contributed by atoms with Crippen LogP contribution in [0.3, 0.4) is 0 Å². The number of aromatic nitrogens is 1. The van der Waals surface area contributed by atoms with E-state index in [2.05, 4.69) is 15.3 Å². The summed E-state index contributed by atoms with van der Waals surface area (Å²) in [5, 5.41) is 3.20. The summed E-state index contributed by atoms with van der Waals surface area (Å²) in [5.41, 5.74) is 4.19. The van der Waals surface area contributed by atoms with E-state index in [1.54, 1.807) is 29.2 Å². The van der Waals surface area contributed by atoms with Gasteiger partial charge in [0.25, 0.3) is 0 Å². The number of thiazole rings is 1. The normalized spacial score (nSPS) is 14.8. The van der Waals surface area contributed by atoms with E-state index >= 15 is 0 Å². The van der Waals surface area contributed by atoms with Crippen LogP contribution in [0.4, 0.5) is 10.1 Å². The van der Waals surface area contributed by atoms with Gasteiger partial charge in [0.05, 0.1) is 27.2 Å². The Hall–Kier alpha value is -1.33. The molecule has 2 nitrogen and oxygen atoms in total. The van der Waals surface area contributed by atoms with E-state index in [0.717, 1.165) is 33.5 Å². The van der Waals surface area contributed by atoms with Crippen molar-refractivity contribution in [3.05, 3.63) is 50.6 Å². The van der Waals surface area contributed by atoms with Crippen LogP contribution in [0.5, 0.6) is 0 Å². The van der Waals surface area contributed by atoms with E-state index in [9.17, 15) is 4.39 Å². The van der Waals surface area contributed by atoms with Gasteiger partial charge in [-0.15, -0.1) is 23.1 Å². The van der Waals surface area contributed by atoms with Crippen LogP contribution in [0.25, 0.3) is 5.70 Å². The van der Waals surface area contributed by atoms with Crippen molar-refractivity contribution in [1.29, 1.82) is 0 Å². The number of rotatable bonds is 2. The van der Waals surface area contributed by atoms with Gasteiger partial charge in [0.1, 0.15) is 5.82 Å². The lowest BCUT2D eigenvalue weighted by Gasteiger charge is -2.23. The largest absolute Gasteiger partial charge is 0.329 e. The Morgan fingerprint density at radius 1 is 1.25 bits per heavy atom. The molecule has 20 heavy (non-hydrogen) atoms. The van der Waals surface area contributed by atoms with Crippen molar-refractivity contribution in [3.63, 3.8) is 0 Å². The topological polar surface area (TPSA) is 16.1 Å². The third-order valence-electron chi connectivity index (χ3n) is 3.29. The Morgan fingerprint density at radius 3 is 2.75 bits per heavy atom. The Labute approximate surface area is 126 Å². The summed E-state index contributed by atoms with van der Waals surface area (Å²) in [6.45, 7) is 6.06. The molecule has 1 aromatic heterocycles. The van der Waals surface area contributed by atoms with Crippen molar-refractivity contribution in [2.24, 2.45) is 0 Å². The average molecular weight is 306 g/mol. The molecule has 1 aliphatic heterocycles. The summed E-state index contributed by atoms with van der Waals surface area (Å²) >= 11 is 3.42. The number of hydrogen-bond donors (Lipinski definition) is 0. The van der Waals surface area contributed by atoms with Crippen molar-refractivity contribution >= 4 is 34.5 Å². The fourth-order valence-electron chi connectivity index (χ4n) is 2.34. The maximum Gasteiger partial charge on any atom is 0.125 e. The summed E-state index contributed by atoms with van der Waals surface area (Å²) in [6, 6.07) is 4.95. The highest BCUT2D eigenvalue weighted by molar-refractivity contribution is 8.02. The molecule has 0 saturated heterocycles. The van der Waals surface area contributed by atoms with Crippen LogP contribution in [0.15, 0.2) is 23.6 Å². The number of anilines is 1. The van der Waals surface area contributed by atoms with Crippen LogP contribution in [0.2, 0.25) is 0 Å². The minimum absolute atomic E-state index is 0.195. The van der Waals surface area contributed by atoms with Crippen LogP contribution >= 0.6 is 23.1 Å². The van der Waals surface area contributed by atoms with Gasteiger partial charge in [0, 0.05) is 5.69 Å². The summed E-state index contributed by atoms with van der Waals surface area (Å²) in [7, 11) is 0. The van der Waals surface area contributed by atoms with Gasteiger partial charge in [-0.2, -0.15) is 0 Å². The van der Waals surface area contributed by atoms with Crippen LogP contribution in [0.1, 0.15) is 21.1 Å². The first-order valence-electron chi connectivity index (χ1n) is 6.36. The zero-order chi connectivity index (χ0) is 14.3. The summed E-state index contributed by atoms with van der Waals surface area (Å²) < 4.78 is 13.6. The fourth-order valence-corrected chi connectivity index (χ4v) is 4.27. The second-order valence-electron chi connectivity index (χ2n) is 4.81. The molecule has 0 saturated carbocycles. The molecule has 0 aliphatic carbocycles. The molecule has 0 atom stereocenters. The first-order valence-corrected chi connectivity index (χ1v) is 8.22. The summed E-state index contributed by atoms with van der Waals surface area (Å²) in [5.74, 6) is 0.620. The predicted molar refractivity (Wildman–Crippen MR) is 85.6 cm³/mol. The molecule has 0 radical (unpaired) electrons. The molecule has 104 valence electrons. The van der Waals surface area contributed by atoms with E-state index < -0.39 is 0 Å². The molecule has 1 aliphatic rings. The van der Waals surface area contributed by atoms with Crippen LogP contribution in [0, 0.1) is 26.6 Å². The van der Waals surface area contributed by atoms with E-state index in [-0.39, 0.29) is 5.82 Å². The molecule has 2 heterocycles. The molecule has 0 unspecified atom stereocenters. The van der Waals surface area contributed by atoms with E-state index in [1.165, 1.54) is 10.9 Å². The third kappa shape index (κ3) is 2.36. The lowest BCUT2D eigenvalue weighted by molar-refractivity contribution is 0.627. The van der Waals surface area contributed by atoms with Gasteiger partial charge in [-0.05, 0) is 43.9 Å². The highest BCUT2D eigenvalue weighted by Gasteiger charge is 2.24. The second-order valence-corrected chi connectivity index (χ2v) is 6.84. The van der Waals surface area contributed by atoms with E-state index in [0.29, 0.717) is 0 Å². The van der Waals surface area contributed by atoms with Crippen LogP contribution in [-0.2, 0) is 0 Å². The molecule has 0 spiro atoms. The highest BCUT2D eigenvalue weighted by atomic mass is 32.2. The lowest BCUT2D eigenvalue weighted by Crippen LogP contribution is -2.18. The maximum absolute atomic E-state index is 13.6. The number of aryl methyl sites for hydroxylation is 3. The number of thioether (sulfide) groups is 1. The second kappa shape index (κ2) is 5.22. The Morgan fingerprint density at radius 2 is 2.05 bits per heavy atom. The molecule has 0 amide bonds. The molecule has 3 rings (SSSR count). The van der Waals surface area contributed by atoms with E-state index in [1.807, 2.05) is 26.8 Å². The molecule has 1 aromatic carbocycles. The highest BCUT2D eigenvalue weighted by Crippen LogP contribution is 2.40. The first kappa shape index (κ1) is 13.6. The van der Waals surface area contributed by atoms with Gasteiger partial charge >= 0.3 is 0 Å². The molecule has 2 aromatic rings. The van der Waals surface area contributed by atoms with Gasteiger partial charge in [0.2, 0.25) is 0 Å². The predicted octanol–water partition coefficient (Wildman–Crippen LogP) is 4.72. The van der Waals surface area contributed by atoms with Crippen molar-refractivity contribution in [2.75, 3.05) is 10.8 Å². The van der Waals surface area contributed by atoms with E-state index in [4.69, 9.17) is 0 Å². The van der Waals surface area contributed by atoms with Gasteiger partial charge in [0.15, 0.2) is 0 Å². The summed E-state index contributed by atoms with van der Waals surface area (Å²) in [4.78, 5) is 7.84. The number of halogens is 1. The van der Waals surface area contributed by atoms with Gasteiger partial charge < -0.3 is 4.90 Å². The smallest absolute Gasteiger partial charge is 0.125 e.